The quantitative estimate of drug-likeness (QED) is 0.781. The smallest absolute Gasteiger partial charge is 0.265 e. The fourth-order valence-corrected chi connectivity index (χ4v) is 4.16. The zero-order valence-corrected chi connectivity index (χ0v) is 14.5. The van der Waals surface area contributed by atoms with Crippen LogP contribution in [0, 0.1) is 13.8 Å². The van der Waals surface area contributed by atoms with E-state index in [1.807, 2.05) is 19.9 Å². The third-order valence-electron chi connectivity index (χ3n) is 3.66. The minimum Gasteiger partial charge on any atom is -0.461 e. The Morgan fingerprint density at radius 1 is 1.22 bits per heavy atom. The number of rotatable bonds is 3. The van der Waals surface area contributed by atoms with E-state index in [0.717, 1.165) is 39.9 Å². The number of furan rings is 1. The molecule has 3 aromatic rings. The molecule has 0 radical (unpaired) electrons. The average Bonchev–Trinajstić information content (AvgIpc) is 3.06. The molecule has 1 aromatic carbocycles. The van der Waals surface area contributed by atoms with Gasteiger partial charge < -0.3 is 9.73 Å². The Morgan fingerprint density at radius 3 is 2.61 bits per heavy atom. The number of nitrogens with one attached hydrogen (secondary N) is 1. The van der Waals surface area contributed by atoms with E-state index in [-0.39, 0.29) is 10.8 Å². The van der Waals surface area contributed by atoms with E-state index in [9.17, 15) is 13.2 Å². The lowest BCUT2D eigenvalue weighted by atomic mass is 10.1. The minimum atomic E-state index is -3.30. The van der Waals surface area contributed by atoms with Gasteiger partial charge in [0.1, 0.15) is 11.3 Å². The Labute approximate surface area is 137 Å². The van der Waals surface area contributed by atoms with Gasteiger partial charge in [-0.3, -0.25) is 4.79 Å². The molecule has 0 unspecified atom stereocenters. The number of anilines is 1. The molecule has 0 saturated heterocycles. The van der Waals surface area contributed by atoms with Gasteiger partial charge in [-0.05, 0) is 43.7 Å². The van der Waals surface area contributed by atoms with Crippen molar-refractivity contribution in [3.05, 3.63) is 45.8 Å². The van der Waals surface area contributed by atoms with Crippen LogP contribution in [0.2, 0.25) is 0 Å². The summed E-state index contributed by atoms with van der Waals surface area (Å²) in [5.74, 6) is 0.515. The fraction of sp³-hybridized carbons (Fsp3) is 0.188. The molecule has 0 aliphatic heterocycles. The van der Waals surface area contributed by atoms with E-state index < -0.39 is 9.84 Å². The van der Waals surface area contributed by atoms with Crippen LogP contribution in [-0.4, -0.2) is 20.6 Å². The van der Waals surface area contributed by atoms with Gasteiger partial charge in [0.2, 0.25) is 0 Å². The standard InChI is InChI=1S/C16H15NO4S2/c1-9-10(2)21-14-5-4-11(6-13(9)14)17-16(18)15-7-12(8-22-15)23(3,19)20/h4-8H,1-3H3,(H,17,18). The molecule has 0 fully saturated rings. The van der Waals surface area contributed by atoms with Crippen LogP contribution in [0.4, 0.5) is 5.69 Å². The van der Waals surface area contributed by atoms with Crippen molar-refractivity contribution < 1.29 is 17.6 Å². The molecule has 23 heavy (non-hydrogen) atoms. The van der Waals surface area contributed by atoms with Crippen LogP contribution in [0.25, 0.3) is 11.0 Å². The second kappa shape index (κ2) is 5.50. The first-order chi connectivity index (χ1) is 10.8. The van der Waals surface area contributed by atoms with Gasteiger partial charge in [-0.15, -0.1) is 11.3 Å². The summed E-state index contributed by atoms with van der Waals surface area (Å²) in [7, 11) is -3.30. The summed E-state index contributed by atoms with van der Waals surface area (Å²) in [6, 6.07) is 6.81. The molecule has 0 aliphatic carbocycles. The molecule has 2 aromatic heterocycles. The SMILES string of the molecule is Cc1oc2ccc(NC(=O)c3cc(S(C)(=O)=O)cs3)cc2c1C. The monoisotopic (exact) mass is 349 g/mol. The van der Waals surface area contributed by atoms with Gasteiger partial charge in [-0.1, -0.05) is 0 Å². The van der Waals surface area contributed by atoms with Crippen LogP contribution in [0.5, 0.6) is 0 Å². The van der Waals surface area contributed by atoms with Crippen molar-refractivity contribution >= 4 is 43.7 Å². The van der Waals surface area contributed by atoms with Crippen LogP contribution in [0.15, 0.2) is 39.0 Å². The molecule has 3 rings (SSSR count). The largest absolute Gasteiger partial charge is 0.461 e. The van der Waals surface area contributed by atoms with Crippen molar-refractivity contribution in [2.24, 2.45) is 0 Å². The first kappa shape index (κ1) is 15.8. The number of amides is 1. The highest BCUT2D eigenvalue weighted by atomic mass is 32.2. The minimum absolute atomic E-state index is 0.157. The summed E-state index contributed by atoms with van der Waals surface area (Å²) < 4.78 is 28.6. The number of sulfone groups is 1. The number of hydrogen-bond acceptors (Lipinski definition) is 5. The molecule has 7 heteroatoms. The Hall–Kier alpha value is -2.12. The molecule has 120 valence electrons. The summed E-state index contributed by atoms with van der Waals surface area (Å²) >= 11 is 1.10. The van der Waals surface area contributed by atoms with Crippen LogP contribution in [0.1, 0.15) is 21.0 Å². The number of benzene rings is 1. The van der Waals surface area contributed by atoms with Crippen molar-refractivity contribution in [3.8, 4) is 0 Å². The van der Waals surface area contributed by atoms with Gasteiger partial charge >= 0.3 is 0 Å². The maximum Gasteiger partial charge on any atom is 0.265 e. The Bertz CT molecular complexity index is 1010. The summed E-state index contributed by atoms with van der Waals surface area (Å²) in [4.78, 5) is 12.8. The number of fused-ring (bicyclic) bond motifs is 1. The van der Waals surface area contributed by atoms with Crippen LogP contribution >= 0.6 is 11.3 Å². The highest BCUT2D eigenvalue weighted by Crippen LogP contribution is 2.28. The van der Waals surface area contributed by atoms with Gasteiger partial charge in [-0.2, -0.15) is 0 Å². The Kier molecular flexibility index (Phi) is 3.77. The molecule has 5 nitrogen and oxygen atoms in total. The van der Waals surface area contributed by atoms with Crippen LogP contribution in [0.3, 0.4) is 0 Å². The lowest BCUT2D eigenvalue weighted by molar-refractivity contribution is 0.103. The Morgan fingerprint density at radius 2 is 1.96 bits per heavy atom. The number of carbonyl (C=O) groups excluding carboxylic acids is 1. The molecule has 1 amide bonds. The van der Waals surface area contributed by atoms with Gasteiger partial charge in [0, 0.05) is 22.7 Å². The van der Waals surface area contributed by atoms with Crippen molar-refractivity contribution in [1.29, 1.82) is 0 Å². The second-order valence-corrected chi connectivity index (χ2v) is 8.29. The highest BCUT2D eigenvalue weighted by molar-refractivity contribution is 7.90. The van der Waals surface area contributed by atoms with Gasteiger partial charge in [0.05, 0.1) is 9.77 Å². The lowest BCUT2D eigenvalue weighted by Gasteiger charge is -2.03. The summed E-state index contributed by atoms with van der Waals surface area (Å²) in [6.45, 7) is 3.86. The zero-order valence-electron chi connectivity index (χ0n) is 12.8. The van der Waals surface area contributed by atoms with Crippen molar-refractivity contribution in [1.82, 2.24) is 0 Å². The number of thiophene rings is 1. The predicted octanol–water partition coefficient (Wildman–Crippen LogP) is 3.77. The number of aryl methyl sites for hydroxylation is 2. The van der Waals surface area contributed by atoms with Gasteiger partial charge in [-0.25, -0.2) is 8.42 Å². The maximum atomic E-state index is 12.3. The molecule has 0 atom stereocenters. The Balaban J connectivity index is 1.88. The van der Waals surface area contributed by atoms with Crippen molar-refractivity contribution in [2.45, 2.75) is 18.7 Å². The van der Waals surface area contributed by atoms with E-state index in [4.69, 9.17) is 4.42 Å². The van der Waals surface area contributed by atoms with Crippen molar-refractivity contribution in [3.63, 3.8) is 0 Å². The third-order valence-corrected chi connectivity index (χ3v) is 5.83. The maximum absolute atomic E-state index is 12.3. The molecule has 0 aliphatic rings. The average molecular weight is 349 g/mol. The van der Waals surface area contributed by atoms with E-state index in [0.29, 0.717) is 10.6 Å². The second-order valence-electron chi connectivity index (χ2n) is 5.37. The molecular weight excluding hydrogens is 334 g/mol. The fourth-order valence-electron chi connectivity index (χ4n) is 2.25. The molecule has 2 heterocycles. The summed E-state index contributed by atoms with van der Waals surface area (Å²) in [6.07, 6.45) is 1.12. The topological polar surface area (TPSA) is 76.4 Å². The number of carbonyl (C=O) groups is 1. The van der Waals surface area contributed by atoms with Crippen LogP contribution in [-0.2, 0) is 9.84 Å². The first-order valence-corrected chi connectivity index (χ1v) is 9.62. The van der Waals surface area contributed by atoms with Gasteiger partial charge in [0.25, 0.3) is 5.91 Å². The van der Waals surface area contributed by atoms with Crippen LogP contribution < -0.4 is 5.32 Å². The molecule has 0 bridgehead atoms. The summed E-state index contributed by atoms with van der Waals surface area (Å²) in [5, 5.41) is 5.20. The van der Waals surface area contributed by atoms with E-state index in [1.54, 1.807) is 12.1 Å². The lowest BCUT2D eigenvalue weighted by Crippen LogP contribution is -2.10. The van der Waals surface area contributed by atoms with E-state index >= 15 is 0 Å². The van der Waals surface area contributed by atoms with Crippen molar-refractivity contribution in [2.75, 3.05) is 11.6 Å². The highest BCUT2D eigenvalue weighted by Gasteiger charge is 2.15. The number of hydrogen-bond donors (Lipinski definition) is 1. The van der Waals surface area contributed by atoms with Gasteiger partial charge in [0.15, 0.2) is 9.84 Å². The molecule has 0 spiro atoms. The molecular formula is C16H15NO4S2. The third kappa shape index (κ3) is 3.02. The normalized spacial score (nSPS) is 11.8. The predicted molar refractivity (Wildman–Crippen MR) is 91.1 cm³/mol. The van der Waals surface area contributed by atoms with E-state index in [1.165, 1.54) is 11.4 Å². The van der Waals surface area contributed by atoms with E-state index in [2.05, 4.69) is 5.32 Å². The first-order valence-electron chi connectivity index (χ1n) is 6.85. The molecule has 0 saturated carbocycles. The molecule has 1 N–H and O–H groups in total. The summed E-state index contributed by atoms with van der Waals surface area (Å²) in [5.41, 5.74) is 2.45. The zero-order chi connectivity index (χ0) is 16.8.